The minimum absolute atomic E-state index is 0.102. The Morgan fingerprint density at radius 1 is 1.39 bits per heavy atom. The zero-order valence-corrected chi connectivity index (χ0v) is 13.9. The number of oxazole rings is 1. The summed E-state index contributed by atoms with van der Waals surface area (Å²) in [6, 6.07) is 7.54. The zero-order valence-electron chi connectivity index (χ0n) is 13.9. The van der Waals surface area contributed by atoms with Crippen molar-refractivity contribution in [3.05, 3.63) is 47.7 Å². The van der Waals surface area contributed by atoms with E-state index in [1.54, 1.807) is 26.0 Å². The maximum absolute atomic E-state index is 12.8. The summed E-state index contributed by atoms with van der Waals surface area (Å²) in [5, 5.41) is 0. The van der Waals surface area contributed by atoms with Crippen molar-refractivity contribution in [2.45, 2.75) is 26.4 Å². The maximum atomic E-state index is 12.8. The summed E-state index contributed by atoms with van der Waals surface area (Å²) in [4.78, 5) is 18.6. The van der Waals surface area contributed by atoms with Crippen molar-refractivity contribution >= 4 is 5.91 Å². The Kier molecular flexibility index (Phi) is 5.76. The lowest BCUT2D eigenvalue weighted by Gasteiger charge is -2.28. The van der Waals surface area contributed by atoms with E-state index in [0.717, 1.165) is 11.3 Å². The monoisotopic (exact) mass is 318 g/mol. The molecule has 1 heterocycles. The number of hydrogen-bond donors (Lipinski definition) is 0. The predicted molar refractivity (Wildman–Crippen MR) is 85.4 cm³/mol. The number of rotatable bonds is 7. The molecule has 1 atom stereocenters. The van der Waals surface area contributed by atoms with Crippen LogP contribution in [0.3, 0.4) is 0 Å². The summed E-state index contributed by atoms with van der Waals surface area (Å²) in [6.45, 7) is 4.54. The predicted octanol–water partition coefficient (Wildman–Crippen LogP) is 2.67. The SMILES string of the molecule is COC[C@H](C)N(Cc1cccc(OC)c1)C(=O)c1ncoc1C. The van der Waals surface area contributed by atoms with Crippen molar-refractivity contribution in [1.29, 1.82) is 0 Å². The van der Waals surface area contributed by atoms with Crippen LogP contribution in [0.4, 0.5) is 0 Å². The topological polar surface area (TPSA) is 64.8 Å². The van der Waals surface area contributed by atoms with Gasteiger partial charge in [0, 0.05) is 13.7 Å². The van der Waals surface area contributed by atoms with Crippen LogP contribution in [0.1, 0.15) is 28.7 Å². The Labute approximate surface area is 136 Å². The van der Waals surface area contributed by atoms with Gasteiger partial charge in [-0.2, -0.15) is 0 Å². The van der Waals surface area contributed by atoms with Gasteiger partial charge in [-0.3, -0.25) is 4.79 Å². The lowest BCUT2D eigenvalue weighted by atomic mass is 10.1. The first-order valence-corrected chi connectivity index (χ1v) is 7.39. The number of carbonyl (C=O) groups is 1. The second kappa shape index (κ2) is 7.78. The van der Waals surface area contributed by atoms with Crippen molar-refractivity contribution in [2.75, 3.05) is 20.8 Å². The van der Waals surface area contributed by atoms with Gasteiger partial charge in [0.25, 0.3) is 5.91 Å². The van der Waals surface area contributed by atoms with Gasteiger partial charge in [0.15, 0.2) is 12.1 Å². The largest absolute Gasteiger partial charge is 0.497 e. The number of carbonyl (C=O) groups excluding carboxylic acids is 1. The summed E-state index contributed by atoms with van der Waals surface area (Å²) in [6.07, 6.45) is 1.28. The number of amides is 1. The highest BCUT2D eigenvalue weighted by Crippen LogP contribution is 2.18. The van der Waals surface area contributed by atoms with E-state index in [9.17, 15) is 4.79 Å². The molecule has 2 rings (SSSR count). The molecule has 0 fully saturated rings. The van der Waals surface area contributed by atoms with Crippen molar-refractivity contribution in [1.82, 2.24) is 9.88 Å². The van der Waals surface area contributed by atoms with Gasteiger partial charge in [-0.25, -0.2) is 4.98 Å². The fraction of sp³-hybridized carbons (Fsp3) is 0.412. The summed E-state index contributed by atoms with van der Waals surface area (Å²) in [7, 11) is 3.24. The molecule has 124 valence electrons. The first-order chi connectivity index (χ1) is 11.1. The van der Waals surface area contributed by atoms with Crippen molar-refractivity contribution in [3.63, 3.8) is 0 Å². The number of hydrogen-bond acceptors (Lipinski definition) is 5. The summed E-state index contributed by atoms with van der Waals surface area (Å²) in [5.74, 6) is 1.09. The van der Waals surface area contributed by atoms with Gasteiger partial charge in [0.2, 0.25) is 0 Å². The molecule has 0 bridgehead atoms. The molecule has 1 aromatic carbocycles. The van der Waals surface area contributed by atoms with Crippen LogP contribution >= 0.6 is 0 Å². The molecule has 6 heteroatoms. The van der Waals surface area contributed by atoms with E-state index < -0.39 is 0 Å². The maximum Gasteiger partial charge on any atom is 0.276 e. The van der Waals surface area contributed by atoms with Crippen LogP contribution in [0.25, 0.3) is 0 Å². The van der Waals surface area contributed by atoms with E-state index in [2.05, 4.69) is 4.98 Å². The van der Waals surface area contributed by atoms with E-state index in [1.165, 1.54) is 6.39 Å². The third-order valence-electron chi connectivity index (χ3n) is 3.64. The van der Waals surface area contributed by atoms with Crippen LogP contribution in [0.5, 0.6) is 5.75 Å². The Bertz CT molecular complexity index is 654. The van der Waals surface area contributed by atoms with Gasteiger partial charge in [-0.1, -0.05) is 12.1 Å². The molecule has 0 aliphatic carbocycles. The number of aromatic nitrogens is 1. The Balaban J connectivity index is 2.26. The average molecular weight is 318 g/mol. The fourth-order valence-corrected chi connectivity index (χ4v) is 2.37. The lowest BCUT2D eigenvalue weighted by Crippen LogP contribution is -2.41. The molecule has 0 N–H and O–H groups in total. The third kappa shape index (κ3) is 4.10. The van der Waals surface area contributed by atoms with Crippen LogP contribution in [0, 0.1) is 6.92 Å². The van der Waals surface area contributed by atoms with Gasteiger partial charge < -0.3 is 18.8 Å². The number of benzene rings is 1. The smallest absolute Gasteiger partial charge is 0.276 e. The summed E-state index contributed by atoms with van der Waals surface area (Å²) >= 11 is 0. The van der Waals surface area contributed by atoms with Gasteiger partial charge in [-0.15, -0.1) is 0 Å². The van der Waals surface area contributed by atoms with Crippen LogP contribution in [-0.4, -0.2) is 42.7 Å². The molecule has 0 aliphatic heterocycles. The Morgan fingerprint density at radius 2 is 2.17 bits per heavy atom. The van der Waals surface area contributed by atoms with Crippen molar-refractivity contribution in [2.24, 2.45) is 0 Å². The molecule has 1 amide bonds. The number of ether oxygens (including phenoxy) is 2. The van der Waals surface area contributed by atoms with Gasteiger partial charge in [0.1, 0.15) is 11.5 Å². The minimum Gasteiger partial charge on any atom is -0.497 e. The first kappa shape index (κ1) is 17.0. The zero-order chi connectivity index (χ0) is 16.8. The number of nitrogens with zero attached hydrogens (tertiary/aromatic N) is 2. The van der Waals surface area contributed by atoms with Gasteiger partial charge >= 0.3 is 0 Å². The minimum atomic E-state index is -0.177. The average Bonchev–Trinajstić information content (AvgIpc) is 2.98. The first-order valence-electron chi connectivity index (χ1n) is 7.39. The molecular weight excluding hydrogens is 296 g/mol. The van der Waals surface area contributed by atoms with Crippen LogP contribution in [0.2, 0.25) is 0 Å². The number of aryl methyl sites for hydroxylation is 1. The molecule has 2 aromatic rings. The van der Waals surface area contributed by atoms with Crippen LogP contribution < -0.4 is 4.74 Å². The van der Waals surface area contributed by atoms with E-state index in [-0.39, 0.29) is 11.9 Å². The molecule has 1 aromatic heterocycles. The normalized spacial score (nSPS) is 12.0. The second-order valence-corrected chi connectivity index (χ2v) is 5.35. The molecule has 0 saturated carbocycles. The molecule has 0 unspecified atom stereocenters. The van der Waals surface area contributed by atoms with E-state index >= 15 is 0 Å². The van der Waals surface area contributed by atoms with Gasteiger partial charge in [0.05, 0.1) is 19.8 Å². The van der Waals surface area contributed by atoms with E-state index in [0.29, 0.717) is 24.6 Å². The Morgan fingerprint density at radius 3 is 2.78 bits per heavy atom. The fourth-order valence-electron chi connectivity index (χ4n) is 2.37. The second-order valence-electron chi connectivity index (χ2n) is 5.35. The highest BCUT2D eigenvalue weighted by atomic mass is 16.5. The lowest BCUT2D eigenvalue weighted by molar-refractivity contribution is 0.0535. The highest BCUT2D eigenvalue weighted by Gasteiger charge is 2.25. The molecule has 0 radical (unpaired) electrons. The molecule has 23 heavy (non-hydrogen) atoms. The van der Waals surface area contributed by atoms with Crippen LogP contribution in [-0.2, 0) is 11.3 Å². The quantitative estimate of drug-likeness (QED) is 0.785. The summed E-state index contributed by atoms with van der Waals surface area (Å²) in [5.41, 5.74) is 1.30. The molecular formula is C17H22N2O4. The third-order valence-corrected chi connectivity index (χ3v) is 3.64. The van der Waals surface area contributed by atoms with Gasteiger partial charge in [-0.05, 0) is 31.5 Å². The van der Waals surface area contributed by atoms with E-state index in [1.807, 2.05) is 31.2 Å². The molecule has 0 saturated heterocycles. The molecule has 0 aliphatic rings. The number of methoxy groups -OCH3 is 2. The molecule has 0 spiro atoms. The highest BCUT2D eigenvalue weighted by molar-refractivity contribution is 5.93. The standard InChI is InChI=1S/C17H22N2O4/c1-12(10-21-3)19(17(20)16-13(2)23-11-18-16)9-14-6-5-7-15(8-14)22-4/h5-8,11-12H,9-10H2,1-4H3/t12-/m0/s1. The van der Waals surface area contributed by atoms with E-state index in [4.69, 9.17) is 13.9 Å². The summed E-state index contributed by atoms with van der Waals surface area (Å²) < 4.78 is 15.6. The van der Waals surface area contributed by atoms with Crippen molar-refractivity contribution < 1.29 is 18.7 Å². The Hall–Kier alpha value is -2.34. The van der Waals surface area contributed by atoms with Crippen molar-refractivity contribution in [3.8, 4) is 5.75 Å². The van der Waals surface area contributed by atoms with Crippen LogP contribution in [0.15, 0.2) is 35.1 Å². The molecule has 6 nitrogen and oxygen atoms in total.